The molecule has 0 spiro atoms. The highest BCUT2D eigenvalue weighted by Gasteiger charge is 2.32. The molecule has 28 heavy (non-hydrogen) atoms. The van der Waals surface area contributed by atoms with Gasteiger partial charge in [-0.2, -0.15) is 0 Å². The number of carbonyl (C=O) groups excluding carboxylic acids is 1. The van der Waals surface area contributed by atoms with Gasteiger partial charge >= 0.3 is 6.36 Å². The molecule has 0 aliphatic carbocycles. The van der Waals surface area contributed by atoms with Crippen LogP contribution < -0.4 is 21.2 Å². The quantitative estimate of drug-likeness (QED) is 0.693. The summed E-state index contributed by atoms with van der Waals surface area (Å²) < 4.78 is 42.1. The lowest BCUT2D eigenvalue weighted by atomic mass is 10.2. The maximum atomic E-state index is 12.4. The maximum absolute atomic E-state index is 12.4. The summed E-state index contributed by atoms with van der Waals surface area (Å²) in [7, 11) is 0. The second kappa shape index (κ2) is 7.59. The number of carbonyl (C=O) groups is 1. The van der Waals surface area contributed by atoms with Crippen LogP contribution in [0.1, 0.15) is 5.56 Å². The summed E-state index contributed by atoms with van der Waals surface area (Å²) >= 11 is 0. The summed E-state index contributed by atoms with van der Waals surface area (Å²) in [6.07, 6.45) is -4.86. The fourth-order valence-corrected chi connectivity index (χ4v) is 2.63. The lowest BCUT2D eigenvalue weighted by Gasteiger charge is -2.14. The first-order valence-corrected chi connectivity index (χ1v) is 8.07. The van der Waals surface area contributed by atoms with E-state index in [0.29, 0.717) is 0 Å². The van der Waals surface area contributed by atoms with Gasteiger partial charge in [-0.3, -0.25) is 19.5 Å². The molecule has 0 aliphatic heterocycles. The number of rotatable bonds is 5. The van der Waals surface area contributed by atoms with Crippen LogP contribution in [0.5, 0.6) is 5.75 Å². The van der Waals surface area contributed by atoms with E-state index in [0.717, 1.165) is 10.7 Å². The van der Waals surface area contributed by atoms with Gasteiger partial charge in [-0.1, -0.05) is 30.3 Å². The highest BCUT2D eigenvalue weighted by Crippen LogP contribution is 2.26. The van der Waals surface area contributed by atoms with E-state index in [1.165, 1.54) is 30.3 Å². The third-order valence-corrected chi connectivity index (χ3v) is 3.86. The molecule has 2 aromatic carbocycles. The molecule has 2 N–H and O–H groups in total. The minimum Gasteiger partial charge on any atom is -0.405 e. The van der Waals surface area contributed by atoms with E-state index in [4.69, 9.17) is 0 Å². The molecule has 3 aromatic rings. The highest BCUT2D eigenvalue weighted by atomic mass is 19.4. The van der Waals surface area contributed by atoms with Crippen LogP contribution in [0.2, 0.25) is 0 Å². The summed E-state index contributed by atoms with van der Waals surface area (Å²) in [5, 5.41) is 5.06. The maximum Gasteiger partial charge on any atom is 0.573 e. The second-order valence-corrected chi connectivity index (χ2v) is 5.81. The van der Waals surface area contributed by atoms with Gasteiger partial charge in [0, 0.05) is 12.1 Å². The van der Waals surface area contributed by atoms with Gasteiger partial charge in [0.05, 0.1) is 10.8 Å². The zero-order chi connectivity index (χ0) is 20.3. The van der Waals surface area contributed by atoms with Gasteiger partial charge in [-0.05, 0) is 18.2 Å². The van der Waals surface area contributed by atoms with Gasteiger partial charge in [-0.25, -0.2) is 4.68 Å². The van der Waals surface area contributed by atoms with Crippen LogP contribution in [0.3, 0.4) is 0 Å². The van der Waals surface area contributed by atoms with Crippen molar-refractivity contribution >= 4 is 16.7 Å². The molecule has 10 heteroatoms. The number of alkyl halides is 3. The molecular weight excluding hydrogens is 379 g/mol. The van der Waals surface area contributed by atoms with Crippen molar-refractivity contribution in [3.63, 3.8) is 0 Å². The molecule has 0 unspecified atom stereocenters. The largest absolute Gasteiger partial charge is 0.573 e. The molecule has 0 atom stereocenters. The first-order valence-electron chi connectivity index (χ1n) is 8.07. The van der Waals surface area contributed by atoms with Crippen molar-refractivity contribution in [3.05, 3.63) is 74.8 Å². The number of fused-ring (bicyclic) bond motifs is 1. The molecular formula is C18H14F3N3O4. The fraction of sp³-hybridized carbons (Fsp3) is 0.167. The van der Waals surface area contributed by atoms with Crippen molar-refractivity contribution < 1.29 is 22.7 Å². The predicted molar refractivity (Wildman–Crippen MR) is 93.8 cm³/mol. The van der Waals surface area contributed by atoms with Crippen molar-refractivity contribution in [2.45, 2.75) is 19.5 Å². The number of aromatic nitrogens is 2. The standard InChI is InChI=1S/C18H14F3N3O4/c19-18(20,21)28-14-8-4-1-5-11(14)9-22-15(25)10-24-17(27)13-7-3-2-6-12(13)16(26)23-24/h1-8H,9-10H2,(H,22,25)(H,23,26). The summed E-state index contributed by atoms with van der Waals surface area (Å²) in [5.41, 5.74) is -0.995. The molecule has 0 saturated carbocycles. The van der Waals surface area contributed by atoms with Gasteiger partial charge in [0.15, 0.2) is 0 Å². The number of hydrogen-bond donors (Lipinski definition) is 2. The lowest BCUT2D eigenvalue weighted by molar-refractivity contribution is -0.274. The van der Waals surface area contributed by atoms with Crippen molar-refractivity contribution in [3.8, 4) is 5.75 Å². The monoisotopic (exact) mass is 393 g/mol. The van der Waals surface area contributed by atoms with Gasteiger partial charge < -0.3 is 10.1 Å². The molecule has 1 heterocycles. The van der Waals surface area contributed by atoms with Crippen molar-refractivity contribution in [1.82, 2.24) is 15.1 Å². The Labute approximate surface area is 155 Å². The van der Waals surface area contributed by atoms with Gasteiger partial charge in [-0.15, -0.1) is 13.2 Å². The summed E-state index contributed by atoms with van der Waals surface area (Å²) in [6.45, 7) is -0.751. The highest BCUT2D eigenvalue weighted by molar-refractivity contribution is 5.81. The van der Waals surface area contributed by atoms with E-state index < -0.39 is 35.7 Å². The SMILES string of the molecule is O=C(Cn1[nH]c(=O)c2ccccc2c1=O)NCc1ccccc1OC(F)(F)F. The number of para-hydroxylation sites is 1. The number of nitrogens with one attached hydrogen (secondary N) is 2. The van der Waals surface area contributed by atoms with E-state index in [2.05, 4.69) is 15.2 Å². The Morgan fingerprint density at radius 3 is 2.39 bits per heavy atom. The minimum atomic E-state index is -4.86. The average molecular weight is 393 g/mol. The van der Waals surface area contributed by atoms with Crippen LogP contribution in [0, 0.1) is 0 Å². The van der Waals surface area contributed by atoms with Crippen LogP contribution in [0.25, 0.3) is 10.8 Å². The Kier molecular flexibility index (Phi) is 5.21. The predicted octanol–water partition coefficient (Wildman–Crippen LogP) is 1.90. The molecule has 1 amide bonds. The Hall–Kier alpha value is -3.56. The fourth-order valence-electron chi connectivity index (χ4n) is 2.63. The van der Waals surface area contributed by atoms with Gasteiger partial charge in [0.1, 0.15) is 12.3 Å². The molecule has 0 bridgehead atoms. The molecule has 146 valence electrons. The van der Waals surface area contributed by atoms with E-state index in [1.807, 2.05) is 0 Å². The molecule has 0 aliphatic rings. The summed E-state index contributed by atoms with van der Waals surface area (Å²) in [5.74, 6) is -1.11. The summed E-state index contributed by atoms with van der Waals surface area (Å²) in [4.78, 5) is 36.5. The summed E-state index contributed by atoms with van der Waals surface area (Å²) in [6, 6.07) is 11.5. The van der Waals surface area contributed by atoms with Gasteiger partial charge in [0.25, 0.3) is 11.1 Å². The van der Waals surface area contributed by atoms with E-state index in [-0.39, 0.29) is 22.9 Å². The molecule has 0 fully saturated rings. The zero-order valence-corrected chi connectivity index (χ0v) is 14.2. The topological polar surface area (TPSA) is 93.2 Å². The number of H-pyrrole nitrogens is 1. The van der Waals surface area contributed by atoms with E-state index in [9.17, 15) is 27.6 Å². The average Bonchev–Trinajstić information content (AvgIpc) is 2.64. The van der Waals surface area contributed by atoms with Crippen LogP contribution in [0.4, 0.5) is 13.2 Å². The first kappa shape index (κ1) is 19.2. The van der Waals surface area contributed by atoms with Crippen molar-refractivity contribution in [2.24, 2.45) is 0 Å². The van der Waals surface area contributed by atoms with Crippen LogP contribution >= 0.6 is 0 Å². The zero-order valence-electron chi connectivity index (χ0n) is 14.2. The van der Waals surface area contributed by atoms with Crippen LogP contribution in [-0.2, 0) is 17.9 Å². The smallest absolute Gasteiger partial charge is 0.405 e. The number of aromatic amines is 1. The Morgan fingerprint density at radius 2 is 1.68 bits per heavy atom. The molecule has 0 radical (unpaired) electrons. The minimum absolute atomic E-state index is 0.104. The third-order valence-electron chi connectivity index (χ3n) is 3.86. The van der Waals surface area contributed by atoms with Gasteiger partial charge in [0.2, 0.25) is 5.91 Å². The molecule has 7 nitrogen and oxygen atoms in total. The Bertz CT molecular complexity index is 1140. The number of nitrogens with zero attached hydrogens (tertiary/aromatic N) is 1. The number of benzene rings is 2. The number of hydrogen-bond acceptors (Lipinski definition) is 4. The van der Waals surface area contributed by atoms with Crippen molar-refractivity contribution in [1.29, 1.82) is 0 Å². The molecule has 3 rings (SSSR count). The molecule has 1 aromatic heterocycles. The second-order valence-electron chi connectivity index (χ2n) is 5.81. The van der Waals surface area contributed by atoms with Crippen LogP contribution in [0.15, 0.2) is 58.1 Å². The molecule has 0 saturated heterocycles. The number of ether oxygens (including phenoxy) is 1. The van der Waals surface area contributed by atoms with E-state index in [1.54, 1.807) is 12.1 Å². The number of amides is 1. The van der Waals surface area contributed by atoms with Crippen molar-refractivity contribution in [2.75, 3.05) is 0 Å². The number of halogens is 3. The first-order chi connectivity index (χ1) is 13.2. The van der Waals surface area contributed by atoms with E-state index >= 15 is 0 Å². The Balaban J connectivity index is 1.74. The Morgan fingerprint density at radius 1 is 1.04 bits per heavy atom. The third kappa shape index (κ3) is 4.40. The normalized spacial score (nSPS) is 11.4. The van der Waals surface area contributed by atoms with Crippen LogP contribution in [-0.4, -0.2) is 22.1 Å². The lowest BCUT2D eigenvalue weighted by Crippen LogP contribution is -2.36.